The van der Waals surface area contributed by atoms with Crippen molar-refractivity contribution in [1.82, 2.24) is 0 Å². The minimum Gasteiger partial charge on any atom is -0.507 e. The Labute approximate surface area is 68.5 Å². The van der Waals surface area contributed by atoms with Crippen molar-refractivity contribution in [1.29, 1.82) is 0 Å². The molecule has 11 heavy (non-hydrogen) atoms. The fourth-order valence-electron chi connectivity index (χ4n) is 0.702. The summed E-state index contributed by atoms with van der Waals surface area (Å²) in [6.45, 7) is 0. The molecule has 0 heterocycles. The van der Waals surface area contributed by atoms with E-state index in [0.717, 1.165) is 0 Å². The fourth-order valence-corrected chi connectivity index (χ4v) is 0.862. The molecule has 0 aromatic heterocycles. The van der Waals surface area contributed by atoms with E-state index in [1.807, 2.05) is 0 Å². The van der Waals surface area contributed by atoms with Gasteiger partial charge >= 0.3 is 0 Å². The molecule has 1 rings (SSSR count). The molecule has 3 nitrogen and oxygen atoms in total. The third kappa shape index (κ3) is 1.62. The van der Waals surface area contributed by atoms with Crippen molar-refractivity contribution in [3.05, 3.63) is 29.8 Å². The monoisotopic (exact) mass is 171 g/mol. The molecule has 2 N–H and O–H groups in total. The van der Waals surface area contributed by atoms with Crippen LogP contribution in [0.4, 0.5) is 0 Å². The molecule has 1 aromatic rings. The summed E-state index contributed by atoms with van der Waals surface area (Å²) in [5.74, 6) is -0.00435. The minimum atomic E-state index is -0.122. The van der Waals surface area contributed by atoms with Gasteiger partial charge in [-0.25, -0.2) is 0 Å². The maximum atomic E-state index is 9.14. The highest BCUT2D eigenvalue weighted by Gasteiger charge is 2.04. The van der Waals surface area contributed by atoms with Gasteiger partial charge in [-0.05, 0) is 12.1 Å². The number of hydrogen-bond acceptors (Lipinski definition) is 3. The smallest absolute Gasteiger partial charge is 0.179 e. The van der Waals surface area contributed by atoms with E-state index in [1.165, 1.54) is 6.07 Å². The van der Waals surface area contributed by atoms with Crippen LogP contribution in [0.2, 0.25) is 0 Å². The molecule has 0 atom stereocenters. The van der Waals surface area contributed by atoms with Crippen molar-refractivity contribution in [2.75, 3.05) is 0 Å². The number of para-hydroxylation sites is 1. The van der Waals surface area contributed by atoms with Crippen molar-refractivity contribution in [3.63, 3.8) is 0 Å². The molecule has 0 unspecified atom stereocenters. The first-order chi connectivity index (χ1) is 5.25. The van der Waals surface area contributed by atoms with Gasteiger partial charge in [-0.3, -0.25) is 0 Å². The standard InChI is InChI=1S/C7H6ClNO2/c8-7(9-11)5-3-1-2-4-6(5)10/h1-4,10-11H/b9-7+. The Bertz CT molecular complexity index is 286. The van der Waals surface area contributed by atoms with E-state index >= 15 is 0 Å². The molecule has 0 saturated carbocycles. The molecular weight excluding hydrogens is 166 g/mol. The molecule has 0 aliphatic carbocycles. The molecule has 1 aromatic carbocycles. The summed E-state index contributed by atoms with van der Waals surface area (Å²) in [5, 5.41) is 20.0. The number of rotatable bonds is 1. The van der Waals surface area contributed by atoms with Crippen molar-refractivity contribution >= 4 is 16.8 Å². The van der Waals surface area contributed by atoms with Crippen LogP contribution < -0.4 is 0 Å². The van der Waals surface area contributed by atoms with Crippen LogP contribution in [0.5, 0.6) is 5.75 Å². The summed E-state index contributed by atoms with van der Waals surface area (Å²) < 4.78 is 0. The molecule has 0 spiro atoms. The molecule has 4 heteroatoms. The highest BCUT2D eigenvalue weighted by Crippen LogP contribution is 2.17. The lowest BCUT2D eigenvalue weighted by molar-refractivity contribution is 0.320. The summed E-state index contributed by atoms with van der Waals surface area (Å²) in [5.41, 5.74) is 0.316. The van der Waals surface area contributed by atoms with Crippen LogP contribution in [-0.4, -0.2) is 15.5 Å². The number of benzene rings is 1. The third-order valence-corrected chi connectivity index (χ3v) is 1.49. The maximum absolute atomic E-state index is 9.14. The van der Waals surface area contributed by atoms with E-state index < -0.39 is 0 Å². The highest BCUT2D eigenvalue weighted by molar-refractivity contribution is 6.69. The number of halogens is 1. The predicted molar refractivity (Wildman–Crippen MR) is 42.3 cm³/mol. The molecule has 0 saturated heterocycles. The van der Waals surface area contributed by atoms with Gasteiger partial charge in [0.15, 0.2) is 5.17 Å². The van der Waals surface area contributed by atoms with E-state index in [0.29, 0.717) is 5.56 Å². The normalized spacial score (nSPS) is 11.5. The summed E-state index contributed by atoms with van der Waals surface area (Å²) in [4.78, 5) is 0. The molecule has 0 amide bonds. The number of oxime groups is 1. The topological polar surface area (TPSA) is 52.8 Å². The van der Waals surface area contributed by atoms with Gasteiger partial charge in [0.1, 0.15) is 5.75 Å². The number of phenolic OH excluding ortho intramolecular Hbond substituents is 1. The lowest BCUT2D eigenvalue weighted by Crippen LogP contribution is -1.90. The summed E-state index contributed by atoms with van der Waals surface area (Å²) in [7, 11) is 0. The van der Waals surface area contributed by atoms with Crippen LogP contribution in [0, 0.1) is 0 Å². The number of aromatic hydroxyl groups is 1. The van der Waals surface area contributed by atoms with Crippen LogP contribution in [0.1, 0.15) is 5.56 Å². The molecule has 0 radical (unpaired) electrons. The molecule has 0 fully saturated rings. The molecule has 58 valence electrons. The zero-order valence-electron chi connectivity index (χ0n) is 5.53. The Balaban J connectivity index is 3.14. The van der Waals surface area contributed by atoms with E-state index in [-0.39, 0.29) is 10.9 Å². The predicted octanol–water partition coefficient (Wildman–Crippen LogP) is 1.77. The van der Waals surface area contributed by atoms with Gasteiger partial charge in [0.25, 0.3) is 0 Å². The maximum Gasteiger partial charge on any atom is 0.179 e. The Morgan fingerprint density at radius 2 is 2.00 bits per heavy atom. The van der Waals surface area contributed by atoms with E-state index in [9.17, 15) is 0 Å². The van der Waals surface area contributed by atoms with Gasteiger partial charge in [0.05, 0.1) is 5.56 Å². The van der Waals surface area contributed by atoms with Crippen molar-refractivity contribution in [2.45, 2.75) is 0 Å². The van der Waals surface area contributed by atoms with Crippen molar-refractivity contribution in [2.24, 2.45) is 5.16 Å². The largest absolute Gasteiger partial charge is 0.507 e. The molecule has 0 aliphatic heterocycles. The van der Waals surface area contributed by atoms with Crippen LogP contribution in [0.15, 0.2) is 29.4 Å². The molecular formula is C7H6ClNO2. The summed E-state index contributed by atoms with van der Waals surface area (Å²) in [6, 6.07) is 6.35. The van der Waals surface area contributed by atoms with E-state index in [4.69, 9.17) is 21.9 Å². The Morgan fingerprint density at radius 1 is 1.36 bits per heavy atom. The SMILES string of the molecule is O/N=C(/Cl)c1ccccc1O. The molecule has 0 aliphatic rings. The van der Waals surface area contributed by atoms with Crippen LogP contribution in [-0.2, 0) is 0 Å². The van der Waals surface area contributed by atoms with Crippen molar-refractivity contribution in [3.8, 4) is 5.75 Å². The van der Waals surface area contributed by atoms with Gasteiger partial charge in [-0.15, -0.1) is 0 Å². The first kappa shape index (κ1) is 7.88. The quantitative estimate of drug-likeness (QED) is 0.384. The lowest BCUT2D eigenvalue weighted by atomic mass is 10.2. The number of phenols is 1. The second kappa shape index (κ2) is 3.25. The first-order valence-corrected chi connectivity index (χ1v) is 3.29. The zero-order chi connectivity index (χ0) is 8.27. The minimum absolute atomic E-state index is 0.00435. The Kier molecular flexibility index (Phi) is 2.33. The van der Waals surface area contributed by atoms with E-state index in [2.05, 4.69) is 5.16 Å². The average molecular weight is 172 g/mol. The van der Waals surface area contributed by atoms with Crippen molar-refractivity contribution < 1.29 is 10.3 Å². The van der Waals surface area contributed by atoms with Gasteiger partial charge in [0, 0.05) is 0 Å². The second-order valence-electron chi connectivity index (χ2n) is 1.91. The van der Waals surface area contributed by atoms with Gasteiger partial charge in [-0.1, -0.05) is 28.9 Å². The van der Waals surface area contributed by atoms with Gasteiger partial charge < -0.3 is 10.3 Å². The van der Waals surface area contributed by atoms with Crippen LogP contribution >= 0.6 is 11.6 Å². The third-order valence-electron chi connectivity index (χ3n) is 1.21. The number of hydrogen-bond donors (Lipinski definition) is 2. The Morgan fingerprint density at radius 3 is 2.55 bits per heavy atom. The van der Waals surface area contributed by atoms with Crippen LogP contribution in [0.25, 0.3) is 0 Å². The average Bonchev–Trinajstić information content (AvgIpc) is 2.04. The second-order valence-corrected chi connectivity index (χ2v) is 2.27. The lowest BCUT2D eigenvalue weighted by Gasteiger charge is -1.97. The Hall–Kier alpha value is -1.22. The summed E-state index contributed by atoms with van der Waals surface area (Å²) in [6.07, 6.45) is 0. The molecule has 0 bridgehead atoms. The van der Waals surface area contributed by atoms with E-state index in [1.54, 1.807) is 18.2 Å². The summed E-state index contributed by atoms with van der Waals surface area (Å²) >= 11 is 5.44. The van der Waals surface area contributed by atoms with Gasteiger partial charge in [0.2, 0.25) is 0 Å². The first-order valence-electron chi connectivity index (χ1n) is 2.91. The zero-order valence-corrected chi connectivity index (χ0v) is 6.28. The van der Waals surface area contributed by atoms with Gasteiger partial charge in [-0.2, -0.15) is 0 Å². The fraction of sp³-hybridized carbons (Fsp3) is 0. The highest BCUT2D eigenvalue weighted by atomic mass is 35.5. The van der Waals surface area contributed by atoms with Crippen LogP contribution in [0.3, 0.4) is 0 Å². The number of nitrogens with zero attached hydrogens (tertiary/aromatic N) is 1.